The first-order valence-electron chi connectivity index (χ1n) is 13.9. The second-order valence-electron chi connectivity index (χ2n) is 9.57. The van der Waals surface area contributed by atoms with Crippen LogP contribution in [0.5, 0.6) is 17.2 Å². The van der Waals surface area contributed by atoms with Crippen molar-refractivity contribution < 1.29 is 33.0 Å². The van der Waals surface area contributed by atoms with Crippen molar-refractivity contribution in [3.63, 3.8) is 0 Å². The summed E-state index contributed by atoms with van der Waals surface area (Å²) in [5.41, 5.74) is 6.28. The van der Waals surface area contributed by atoms with Crippen molar-refractivity contribution in [2.24, 2.45) is 5.10 Å². The van der Waals surface area contributed by atoms with E-state index in [4.69, 9.17) is 35.0 Å². The molecule has 4 rings (SSSR count). The lowest BCUT2D eigenvalue weighted by Crippen LogP contribution is -2.26. The third-order valence-corrected chi connectivity index (χ3v) is 7.81. The lowest BCUT2D eigenvalue weighted by atomic mass is 10.2. The molecule has 0 spiro atoms. The molecule has 44 heavy (non-hydrogen) atoms. The second-order valence-corrected chi connectivity index (χ2v) is 10.7. The third kappa shape index (κ3) is 7.83. The number of carbonyl (C=O) groups is 2. The minimum atomic E-state index is -0.912. The predicted molar refractivity (Wildman–Crippen MR) is 170 cm³/mol. The average Bonchev–Trinajstić information content (AvgIpc) is 3.62. The third-order valence-electron chi connectivity index (χ3n) is 6.37. The molecular formula is C32H33BrClN3O7. The van der Waals surface area contributed by atoms with Crippen molar-refractivity contribution >= 4 is 45.6 Å². The van der Waals surface area contributed by atoms with Crippen LogP contribution >= 0.6 is 27.5 Å². The van der Waals surface area contributed by atoms with E-state index < -0.39 is 18.0 Å². The summed E-state index contributed by atoms with van der Waals surface area (Å²) in [4.78, 5) is 24.7. The van der Waals surface area contributed by atoms with E-state index in [1.54, 1.807) is 39.0 Å². The highest BCUT2D eigenvalue weighted by Crippen LogP contribution is 2.43. The number of nitrogens with zero attached hydrogens (tertiary/aromatic N) is 2. The van der Waals surface area contributed by atoms with E-state index in [1.165, 1.54) is 6.21 Å². The fourth-order valence-electron chi connectivity index (χ4n) is 4.27. The van der Waals surface area contributed by atoms with Gasteiger partial charge in [0.25, 0.3) is 0 Å². The maximum Gasteiger partial charge on any atom is 0.347 e. The zero-order chi connectivity index (χ0) is 31.8. The summed E-state index contributed by atoms with van der Waals surface area (Å²) in [5.74, 6) is 0.604. The molecule has 0 aliphatic rings. The van der Waals surface area contributed by atoms with E-state index in [-0.39, 0.29) is 29.7 Å². The largest absolute Gasteiger partial charge is 0.490 e. The molecule has 10 nitrogen and oxygen atoms in total. The average molecular weight is 687 g/mol. The minimum Gasteiger partial charge on any atom is -0.490 e. The Labute approximate surface area is 269 Å². The van der Waals surface area contributed by atoms with Crippen LogP contribution in [0, 0.1) is 13.8 Å². The van der Waals surface area contributed by atoms with E-state index in [9.17, 15) is 9.59 Å². The van der Waals surface area contributed by atoms with E-state index in [0.717, 1.165) is 17.1 Å². The van der Waals surface area contributed by atoms with E-state index in [2.05, 4.69) is 57.0 Å². The topological polar surface area (TPSA) is 114 Å². The monoisotopic (exact) mass is 685 g/mol. The Morgan fingerprint density at radius 3 is 2.41 bits per heavy atom. The van der Waals surface area contributed by atoms with Gasteiger partial charge >= 0.3 is 11.9 Å². The van der Waals surface area contributed by atoms with Crippen molar-refractivity contribution in [3.8, 4) is 22.9 Å². The molecule has 2 aromatic carbocycles. The normalized spacial score (nSPS) is 11.8. The molecule has 0 saturated carbocycles. The summed E-state index contributed by atoms with van der Waals surface area (Å²) in [7, 11) is 0. The van der Waals surface area contributed by atoms with Crippen LogP contribution in [0.25, 0.3) is 5.69 Å². The number of aromatic nitrogens is 1. The molecule has 2 aromatic heterocycles. The molecule has 2 heterocycles. The van der Waals surface area contributed by atoms with Crippen molar-refractivity contribution in [1.29, 1.82) is 0 Å². The zero-order valence-corrected chi connectivity index (χ0v) is 27.3. The van der Waals surface area contributed by atoms with Gasteiger partial charge in [-0.3, -0.25) is 4.79 Å². The number of ether oxygens (including phenoxy) is 4. The van der Waals surface area contributed by atoms with Crippen molar-refractivity contribution in [2.45, 2.75) is 47.3 Å². The van der Waals surface area contributed by atoms with Gasteiger partial charge in [0.2, 0.25) is 0 Å². The SMILES string of the molecule is CCOC(=O)[C@H](C)Oc1c(OCC)cc(/C=N/NC(=O)c2ccc(COc3ccc(-n4c(C)ccc4C)cc3)o2)c(Br)c1Cl. The summed E-state index contributed by atoms with van der Waals surface area (Å²) in [6, 6.07) is 16.7. The number of carbonyl (C=O) groups excluding carboxylic acids is 2. The fraction of sp³-hybridized carbons (Fsp3) is 0.281. The molecule has 4 aromatic rings. The van der Waals surface area contributed by atoms with Crippen molar-refractivity contribution in [3.05, 3.63) is 92.6 Å². The number of rotatable bonds is 13. The number of esters is 1. The Hall–Kier alpha value is -4.22. The smallest absolute Gasteiger partial charge is 0.347 e. The second kappa shape index (κ2) is 15.0. The minimum absolute atomic E-state index is 0.0680. The van der Waals surface area contributed by atoms with Crippen LogP contribution in [0.1, 0.15) is 54.0 Å². The Bertz CT molecular complexity index is 1630. The number of hydrazone groups is 1. The van der Waals surface area contributed by atoms with Crippen LogP contribution in [-0.4, -0.2) is 42.0 Å². The van der Waals surface area contributed by atoms with Gasteiger partial charge in [0, 0.05) is 27.1 Å². The van der Waals surface area contributed by atoms with Crippen LogP contribution in [0.2, 0.25) is 5.02 Å². The van der Waals surface area contributed by atoms with Crippen LogP contribution in [0.15, 0.2) is 68.6 Å². The molecule has 0 aliphatic carbocycles. The number of nitrogens with one attached hydrogen (secondary N) is 1. The molecule has 0 saturated heterocycles. The van der Waals surface area contributed by atoms with Gasteiger partial charge in [-0.05, 0) is 105 Å². The Balaban J connectivity index is 1.37. The number of halogens is 2. The quantitative estimate of drug-likeness (QED) is 0.0901. The summed E-state index contributed by atoms with van der Waals surface area (Å²) in [5, 5.41) is 4.20. The van der Waals surface area contributed by atoms with Crippen LogP contribution in [-0.2, 0) is 16.1 Å². The first kappa shape index (κ1) is 32.7. The molecule has 0 radical (unpaired) electrons. The van der Waals surface area contributed by atoms with E-state index in [0.29, 0.717) is 33.9 Å². The molecule has 1 atom stereocenters. The standard InChI is InChI=1S/C32H33BrClN3O7/c1-6-40-27-16-22(28(33)29(34)30(27)43-21(5)32(39)41-7-2)17-35-36-31(38)26-15-14-25(44-26)18-42-24-12-10-23(11-13-24)37-19(3)8-9-20(37)4/h8-17,21H,6-7,18H2,1-5H3,(H,36,38)/b35-17+/t21-/m0/s1. The highest BCUT2D eigenvalue weighted by Gasteiger charge is 2.23. The number of aryl methyl sites for hydroxylation is 2. The molecule has 0 bridgehead atoms. The highest BCUT2D eigenvalue weighted by molar-refractivity contribution is 9.10. The molecular weight excluding hydrogens is 654 g/mol. The number of hydrogen-bond donors (Lipinski definition) is 1. The van der Waals surface area contributed by atoms with Gasteiger partial charge in [-0.2, -0.15) is 5.10 Å². The Morgan fingerprint density at radius 2 is 1.75 bits per heavy atom. The molecule has 0 aliphatic heterocycles. The summed E-state index contributed by atoms with van der Waals surface area (Å²) >= 11 is 9.97. The van der Waals surface area contributed by atoms with E-state index >= 15 is 0 Å². The lowest BCUT2D eigenvalue weighted by molar-refractivity contribution is -0.150. The maximum atomic E-state index is 12.7. The maximum absolute atomic E-state index is 12.7. The van der Waals surface area contributed by atoms with Gasteiger partial charge in [-0.15, -0.1) is 0 Å². The Kier molecular flexibility index (Phi) is 11.1. The van der Waals surface area contributed by atoms with E-state index in [1.807, 2.05) is 24.3 Å². The van der Waals surface area contributed by atoms with Gasteiger partial charge in [-0.1, -0.05) is 11.6 Å². The van der Waals surface area contributed by atoms with Crippen LogP contribution in [0.4, 0.5) is 0 Å². The van der Waals surface area contributed by atoms with Gasteiger partial charge in [-0.25, -0.2) is 10.2 Å². The predicted octanol–water partition coefficient (Wildman–Crippen LogP) is 7.18. The molecule has 1 amide bonds. The van der Waals surface area contributed by atoms with Crippen molar-refractivity contribution in [1.82, 2.24) is 9.99 Å². The lowest BCUT2D eigenvalue weighted by Gasteiger charge is -2.19. The number of hydrogen-bond acceptors (Lipinski definition) is 8. The van der Waals surface area contributed by atoms with Crippen LogP contribution < -0.4 is 19.6 Å². The number of benzene rings is 2. The molecule has 0 fully saturated rings. The summed E-state index contributed by atoms with van der Waals surface area (Å²) in [6.45, 7) is 9.87. The molecule has 0 unspecified atom stereocenters. The molecule has 12 heteroatoms. The summed E-state index contributed by atoms with van der Waals surface area (Å²) < 4.78 is 30.5. The summed E-state index contributed by atoms with van der Waals surface area (Å²) in [6.07, 6.45) is 0.479. The first-order chi connectivity index (χ1) is 21.1. The Morgan fingerprint density at radius 1 is 1.05 bits per heavy atom. The number of furan rings is 1. The molecule has 1 N–H and O–H groups in total. The zero-order valence-electron chi connectivity index (χ0n) is 25.0. The van der Waals surface area contributed by atoms with Crippen molar-refractivity contribution in [2.75, 3.05) is 13.2 Å². The van der Waals surface area contributed by atoms with Crippen LogP contribution in [0.3, 0.4) is 0 Å². The van der Waals surface area contributed by atoms with Gasteiger partial charge in [0.1, 0.15) is 23.1 Å². The fourth-order valence-corrected chi connectivity index (χ4v) is 4.91. The van der Waals surface area contributed by atoms with Gasteiger partial charge in [0.15, 0.2) is 23.4 Å². The first-order valence-corrected chi connectivity index (χ1v) is 15.1. The van der Waals surface area contributed by atoms with Gasteiger partial charge < -0.3 is 27.9 Å². The van der Waals surface area contributed by atoms with Gasteiger partial charge in [0.05, 0.1) is 19.4 Å². The molecule has 232 valence electrons. The highest BCUT2D eigenvalue weighted by atomic mass is 79.9. The number of amides is 1.